The Morgan fingerprint density at radius 2 is 1.79 bits per heavy atom. The number of phenols is 1. The summed E-state index contributed by atoms with van der Waals surface area (Å²) >= 11 is 0. The second kappa shape index (κ2) is 8.39. The molecule has 0 unspecified atom stereocenters. The molecule has 4 aliphatic rings. The summed E-state index contributed by atoms with van der Waals surface area (Å²) in [6.45, 7) is 0. The number of benzene rings is 2. The minimum Gasteiger partial charge on any atom is -0.508 e. The van der Waals surface area contributed by atoms with E-state index < -0.39 is 58.0 Å². The quantitative estimate of drug-likeness (QED) is 0.378. The predicted molar refractivity (Wildman–Crippen MR) is 142 cm³/mol. The Kier molecular flexibility index (Phi) is 5.40. The Hall–Kier alpha value is -4.21. The number of carbonyl (C=O) groups is 3. The van der Waals surface area contributed by atoms with Crippen molar-refractivity contribution < 1.29 is 34.8 Å². The number of rotatable bonds is 3. The molecule has 4 aliphatic carbocycles. The molecule has 6 N–H and O–H groups in total. The van der Waals surface area contributed by atoms with Crippen LogP contribution in [0, 0.1) is 11.8 Å². The smallest absolute Gasteiger partial charge is 0.255 e. The van der Waals surface area contributed by atoms with Crippen LogP contribution < -0.4 is 5.73 Å². The summed E-state index contributed by atoms with van der Waals surface area (Å²) < 4.78 is 0. The van der Waals surface area contributed by atoms with Crippen LogP contribution in [0.4, 0.5) is 0 Å². The number of aliphatic hydroxyl groups excluding tert-OH is 2. The van der Waals surface area contributed by atoms with Gasteiger partial charge in [-0.2, -0.15) is 0 Å². The SMILES string of the molecule is CN(C)[C@H]1C(=O)C(C(N)=O)=C(O)[C@]2(O)C(=O)C3=C(O)c4c(O)ccc(C5=Cc6ccccc6C5)c4C[C@@H]3C[C@H]12. The lowest BCUT2D eigenvalue weighted by molar-refractivity contribution is -0.153. The number of allylic oxidation sites excluding steroid dienone is 1. The number of Topliss-reactive ketones (excluding diaryl/α,β-unsaturated/α-hetero) is 2. The van der Waals surface area contributed by atoms with Crippen LogP contribution in [0.15, 0.2) is 53.3 Å². The van der Waals surface area contributed by atoms with Crippen LogP contribution in [0.1, 0.15) is 34.2 Å². The van der Waals surface area contributed by atoms with Crippen LogP contribution in [-0.2, 0) is 27.2 Å². The molecule has 9 nitrogen and oxygen atoms in total. The highest BCUT2D eigenvalue weighted by Crippen LogP contribution is 2.53. The van der Waals surface area contributed by atoms with Crippen molar-refractivity contribution in [3.63, 3.8) is 0 Å². The number of aromatic hydroxyl groups is 1. The summed E-state index contributed by atoms with van der Waals surface area (Å²) in [5, 5.41) is 44.9. The maximum Gasteiger partial charge on any atom is 0.255 e. The lowest BCUT2D eigenvalue weighted by Gasteiger charge is -2.50. The maximum absolute atomic E-state index is 14.0. The van der Waals surface area contributed by atoms with Gasteiger partial charge in [-0.3, -0.25) is 19.3 Å². The van der Waals surface area contributed by atoms with Gasteiger partial charge in [0.25, 0.3) is 5.91 Å². The van der Waals surface area contributed by atoms with Crippen LogP contribution in [-0.4, -0.2) is 68.5 Å². The van der Waals surface area contributed by atoms with E-state index in [2.05, 4.69) is 6.08 Å². The molecule has 0 aromatic heterocycles. The molecule has 1 fully saturated rings. The molecule has 2 aromatic carbocycles. The van der Waals surface area contributed by atoms with Gasteiger partial charge in [-0.1, -0.05) is 36.4 Å². The first-order chi connectivity index (χ1) is 18.5. The van der Waals surface area contributed by atoms with Crippen molar-refractivity contribution in [2.75, 3.05) is 14.1 Å². The van der Waals surface area contributed by atoms with Gasteiger partial charge in [0.1, 0.15) is 22.8 Å². The van der Waals surface area contributed by atoms with E-state index in [1.807, 2.05) is 24.3 Å². The van der Waals surface area contributed by atoms with Crippen molar-refractivity contribution in [2.24, 2.45) is 17.6 Å². The largest absolute Gasteiger partial charge is 0.508 e. The van der Waals surface area contributed by atoms with Crippen LogP contribution in [0.25, 0.3) is 17.4 Å². The van der Waals surface area contributed by atoms with Gasteiger partial charge in [0.05, 0.1) is 11.6 Å². The van der Waals surface area contributed by atoms with E-state index in [0.717, 1.165) is 22.3 Å². The lowest BCUT2D eigenvalue weighted by atomic mass is 9.57. The van der Waals surface area contributed by atoms with Crippen LogP contribution in [0.3, 0.4) is 0 Å². The highest BCUT2D eigenvalue weighted by Gasteiger charge is 2.64. The zero-order valence-electron chi connectivity index (χ0n) is 21.4. The molecule has 0 heterocycles. The summed E-state index contributed by atoms with van der Waals surface area (Å²) in [6.07, 6.45) is 3.05. The Morgan fingerprint density at radius 3 is 2.46 bits per heavy atom. The highest BCUT2D eigenvalue weighted by atomic mass is 16.3. The molecule has 0 saturated heterocycles. The third-order valence-corrected chi connectivity index (χ3v) is 8.72. The first-order valence-electron chi connectivity index (χ1n) is 12.7. The number of fused-ring (bicyclic) bond motifs is 4. The van der Waals surface area contributed by atoms with Crippen molar-refractivity contribution in [3.8, 4) is 5.75 Å². The van der Waals surface area contributed by atoms with Gasteiger partial charge in [0.15, 0.2) is 11.4 Å². The summed E-state index contributed by atoms with van der Waals surface area (Å²) in [7, 11) is 3.15. The summed E-state index contributed by atoms with van der Waals surface area (Å²) in [6, 6.07) is 10.1. The molecule has 200 valence electrons. The number of nitrogens with zero attached hydrogens (tertiary/aromatic N) is 1. The summed E-state index contributed by atoms with van der Waals surface area (Å²) in [4.78, 5) is 40.8. The van der Waals surface area contributed by atoms with Gasteiger partial charge in [-0.15, -0.1) is 0 Å². The zero-order chi connectivity index (χ0) is 28.0. The molecule has 1 amide bonds. The first kappa shape index (κ1) is 25.1. The molecule has 0 bridgehead atoms. The number of ketones is 2. The Labute approximate surface area is 224 Å². The molecule has 0 spiro atoms. The number of likely N-dealkylation sites (N-methyl/N-ethyl adjacent to an activating group) is 1. The summed E-state index contributed by atoms with van der Waals surface area (Å²) in [5.41, 5.74) is 6.60. The van der Waals surface area contributed by atoms with Gasteiger partial charge < -0.3 is 26.2 Å². The van der Waals surface area contributed by atoms with E-state index in [9.17, 15) is 34.8 Å². The summed E-state index contributed by atoms with van der Waals surface area (Å²) in [5.74, 6) is -6.56. The molecular weight excluding hydrogens is 500 g/mol. The number of hydrogen-bond acceptors (Lipinski definition) is 8. The van der Waals surface area contributed by atoms with Crippen molar-refractivity contribution in [1.29, 1.82) is 0 Å². The molecule has 1 saturated carbocycles. The van der Waals surface area contributed by atoms with Crippen molar-refractivity contribution in [3.05, 3.63) is 81.1 Å². The van der Waals surface area contributed by atoms with Crippen molar-refractivity contribution >= 4 is 34.9 Å². The molecule has 2 aromatic rings. The highest BCUT2D eigenvalue weighted by molar-refractivity contribution is 6.24. The van der Waals surface area contributed by atoms with Gasteiger partial charge in [0.2, 0.25) is 5.78 Å². The van der Waals surface area contributed by atoms with Gasteiger partial charge in [-0.25, -0.2) is 0 Å². The van der Waals surface area contributed by atoms with E-state index in [0.29, 0.717) is 12.0 Å². The average molecular weight is 529 g/mol. The minimum absolute atomic E-state index is 0.0557. The van der Waals surface area contributed by atoms with Crippen LogP contribution in [0.5, 0.6) is 5.75 Å². The van der Waals surface area contributed by atoms with Crippen LogP contribution in [0.2, 0.25) is 0 Å². The zero-order valence-corrected chi connectivity index (χ0v) is 21.4. The standard InChI is InChI=1S/C30H28N2O7/c1-32(2)24-19-12-16-11-18-17(15-9-13-5-3-4-6-14(13)10-15)7-8-20(33)22(18)25(34)21(16)27(36)30(19,39)28(37)23(26(24)35)29(31)38/h3-9,16,19,24,33-34,37,39H,10-12H2,1-2H3,(H2,31,38)/t16-,19-,24-,30-/m1/s1. The van der Waals surface area contributed by atoms with Gasteiger partial charge in [-0.05, 0) is 73.2 Å². The maximum atomic E-state index is 14.0. The fraction of sp³-hybridized carbons (Fsp3) is 0.300. The van der Waals surface area contributed by atoms with Gasteiger partial charge >= 0.3 is 0 Å². The van der Waals surface area contributed by atoms with Crippen molar-refractivity contribution in [2.45, 2.75) is 30.9 Å². The average Bonchev–Trinajstić information content (AvgIpc) is 3.30. The number of hydrogen-bond donors (Lipinski definition) is 5. The van der Waals surface area contributed by atoms with E-state index in [-0.39, 0.29) is 29.7 Å². The van der Waals surface area contributed by atoms with E-state index >= 15 is 0 Å². The third-order valence-electron chi connectivity index (χ3n) is 8.72. The Bertz CT molecular complexity index is 1600. The molecule has 39 heavy (non-hydrogen) atoms. The monoisotopic (exact) mass is 528 g/mol. The number of nitrogens with two attached hydrogens (primary N) is 1. The molecule has 9 heteroatoms. The Morgan fingerprint density at radius 1 is 1.08 bits per heavy atom. The predicted octanol–water partition coefficient (Wildman–Crippen LogP) is 2.06. The number of phenolic OH excluding ortho intramolecular Hbond substituents is 1. The molecular formula is C30H28N2O7. The molecule has 4 atom stereocenters. The third kappa shape index (κ3) is 3.30. The van der Waals surface area contributed by atoms with Gasteiger partial charge in [0, 0.05) is 11.5 Å². The number of aliphatic hydroxyl groups is 3. The fourth-order valence-corrected chi connectivity index (χ4v) is 7.00. The van der Waals surface area contributed by atoms with Crippen molar-refractivity contribution in [1.82, 2.24) is 4.90 Å². The molecule has 0 radical (unpaired) electrons. The second-order valence-electron chi connectivity index (χ2n) is 11.0. The van der Waals surface area contributed by atoms with Crippen LogP contribution >= 0.6 is 0 Å². The normalized spacial score (nSPS) is 27.7. The fourth-order valence-electron chi connectivity index (χ4n) is 7.00. The molecule has 6 rings (SSSR count). The number of carbonyl (C=O) groups excluding carboxylic acids is 3. The Balaban J connectivity index is 1.53. The lowest BCUT2D eigenvalue weighted by Crippen LogP contribution is -2.65. The van der Waals surface area contributed by atoms with E-state index in [4.69, 9.17) is 5.73 Å². The first-order valence-corrected chi connectivity index (χ1v) is 12.7. The second-order valence-corrected chi connectivity index (χ2v) is 11.0. The number of amides is 1. The van der Waals surface area contributed by atoms with E-state index in [1.165, 1.54) is 11.0 Å². The topological polar surface area (TPSA) is 161 Å². The number of primary amides is 1. The van der Waals surface area contributed by atoms with E-state index in [1.54, 1.807) is 20.2 Å². The minimum atomic E-state index is -2.65. The molecule has 0 aliphatic heterocycles.